The van der Waals surface area contributed by atoms with Gasteiger partial charge in [-0.3, -0.25) is 4.79 Å². The van der Waals surface area contributed by atoms with Crippen molar-refractivity contribution >= 4 is 23.2 Å². The Kier molecular flexibility index (Phi) is 4.01. The second-order valence-corrected chi connectivity index (χ2v) is 5.76. The monoisotopic (exact) mass is 267 g/mol. The summed E-state index contributed by atoms with van der Waals surface area (Å²) < 4.78 is 4.82. The summed E-state index contributed by atoms with van der Waals surface area (Å²) in [5, 5.41) is 0. The topological polar surface area (TPSA) is 69.4 Å². The molecule has 18 heavy (non-hydrogen) atoms. The molecule has 0 radical (unpaired) electrons. The molecule has 1 aliphatic carbocycles. The first kappa shape index (κ1) is 13.1. The van der Waals surface area contributed by atoms with Crippen molar-refractivity contribution < 1.29 is 14.3 Å². The zero-order valence-corrected chi connectivity index (χ0v) is 11.2. The maximum Gasteiger partial charge on any atom is 0.348 e. The van der Waals surface area contributed by atoms with Crippen molar-refractivity contribution in [1.29, 1.82) is 0 Å². The van der Waals surface area contributed by atoms with Crippen molar-refractivity contribution in [3.8, 4) is 0 Å². The van der Waals surface area contributed by atoms with Gasteiger partial charge in [-0.2, -0.15) is 0 Å². The number of thiophene rings is 1. The van der Waals surface area contributed by atoms with E-state index in [2.05, 4.69) is 6.92 Å². The molecule has 1 atom stereocenters. The molecule has 1 aliphatic rings. The van der Waals surface area contributed by atoms with Gasteiger partial charge < -0.3 is 10.5 Å². The zero-order valence-electron chi connectivity index (χ0n) is 10.4. The minimum absolute atomic E-state index is 0.348. The predicted octanol–water partition coefficient (Wildman–Crippen LogP) is 1.91. The second-order valence-electron chi connectivity index (χ2n) is 4.62. The largest absolute Gasteiger partial charge is 0.451 e. The fourth-order valence-corrected chi connectivity index (χ4v) is 3.36. The molecule has 0 saturated heterocycles. The summed E-state index contributed by atoms with van der Waals surface area (Å²) in [5.74, 6) is -0.349. The average Bonchev–Trinajstić information content (AvgIpc) is 2.78. The lowest BCUT2D eigenvalue weighted by molar-refractivity contribution is -0.121. The lowest BCUT2D eigenvalue weighted by Gasteiger charge is -2.19. The molecule has 0 aromatic carbocycles. The molecule has 5 heteroatoms. The van der Waals surface area contributed by atoms with Gasteiger partial charge in [-0.1, -0.05) is 13.3 Å². The van der Waals surface area contributed by atoms with E-state index in [1.807, 2.05) is 6.07 Å². The van der Waals surface area contributed by atoms with Crippen LogP contribution in [0.15, 0.2) is 6.07 Å². The molecule has 0 spiro atoms. The third-order valence-electron chi connectivity index (χ3n) is 3.31. The van der Waals surface area contributed by atoms with Crippen molar-refractivity contribution in [2.45, 2.75) is 32.6 Å². The number of carbonyl (C=O) groups is 2. The number of primary amides is 1. The van der Waals surface area contributed by atoms with Crippen molar-refractivity contribution in [3.05, 3.63) is 21.4 Å². The van der Waals surface area contributed by atoms with Crippen LogP contribution in [0, 0.1) is 5.92 Å². The van der Waals surface area contributed by atoms with Gasteiger partial charge >= 0.3 is 5.97 Å². The van der Waals surface area contributed by atoms with Crippen molar-refractivity contribution in [3.63, 3.8) is 0 Å². The number of aryl methyl sites for hydroxylation is 1. The Hall–Kier alpha value is -1.36. The van der Waals surface area contributed by atoms with Gasteiger partial charge in [-0.25, -0.2) is 4.79 Å². The fraction of sp³-hybridized carbons (Fsp3) is 0.538. The minimum Gasteiger partial charge on any atom is -0.451 e. The Morgan fingerprint density at radius 3 is 3.00 bits per heavy atom. The maximum absolute atomic E-state index is 11.7. The number of hydrogen-bond donors (Lipinski definition) is 1. The highest BCUT2D eigenvalue weighted by Gasteiger charge is 2.22. The van der Waals surface area contributed by atoms with Gasteiger partial charge in [-0.15, -0.1) is 11.3 Å². The quantitative estimate of drug-likeness (QED) is 0.847. The number of nitrogens with two attached hydrogens (primary N) is 1. The van der Waals surface area contributed by atoms with Gasteiger partial charge in [0, 0.05) is 4.88 Å². The van der Waals surface area contributed by atoms with Crippen LogP contribution in [0.4, 0.5) is 0 Å². The van der Waals surface area contributed by atoms with Gasteiger partial charge in [0.1, 0.15) is 4.88 Å². The first-order valence-corrected chi connectivity index (χ1v) is 6.98. The molecule has 1 aromatic heterocycles. The first-order chi connectivity index (χ1) is 8.60. The predicted molar refractivity (Wildman–Crippen MR) is 69.6 cm³/mol. The average molecular weight is 267 g/mol. The summed E-state index contributed by atoms with van der Waals surface area (Å²) in [7, 11) is 0. The van der Waals surface area contributed by atoms with Crippen LogP contribution in [0.2, 0.25) is 0 Å². The van der Waals surface area contributed by atoms with Crippen LogP contribution < -0.4 is 5.73 Å². The van der Waals surface area contributed by atoms with E-state index in [1.54, 1.807) is 0 Å². The zero-order chi connectivity index (χ0) is 13.1. The summed E-state index contributed by atoms with van der Waals surface area (Å²) in [4.78, 5) is 24.1. The van der Waals surface area contributed by atoms with Gasteiger partial charge in [0.2, 0.25) is 0 Å². The molecule has 1 heterocycles. The Bertz CT molecular complexity index is 467. The summed E-state index contributed by atoms with van der Waals surface area (Å²) in [6, 6.07) is 1.91. The molecule has 0 saturated carbocycles. The number of esters is 1. The molecule has 0 fully saturated rings. The summed E-state index contributed by atoms with van der Waals surface area (Å²) >= 11 is 1.48. The van der Waals surface area contributed by atoms with E-state index >= 15 is 0 Å². The van der Waals surface area contributed by atoms with Crippen LogP contribution in [0.1, 0.15) is 39.9 Å². The van der Waals surface area contributed by atoms with Gasteiger partial charge in [-0.05, 0) is 36.8 Å². The third-order valence-corrected chi connectivity index (χ3v) is 4.53. The van der Waals surface area contributed by atoms with Gasteiger partial charge in [0.15, 0.2) is 6.61 Å². The summed E-state index contributed by atoms with van der Waals surface area (Å²) in [5.41, 5.74) is 6.21. The Labute approximate surface area is 110 Å². The van der Waals surface area contributed by atoms with Crippen molar-refractivity contribution in [2.24, 2.45) is 11.7 Å². The molecular formula is C13H17NO3S. The smallest absolute Gasteiger partial charge is 0.348 e. The lowest BCUT2D eigenvalue weighted by atomic mass is 9.87. The van der Waals surface area contributed by atoms with E-state index in [-0.39, 0.29) is 6.61 Å². The lowest BCUT2D eigenvalue weighted by Crippen LogP contribution is -2.20. The van der Waals surface area contributed by atoms with E-state index in [0.717, 1.165) is 18.8 Å². The number of ether oxygens (including phenoxy) is 1. The SMILES string of the molecule is CC[C@@H]1CCc2sc(C(=O)OCC(N)=O)cc2C1. The molecule has 0 bridgehead atoms. The molecule has 98 valence electrons. The molecular weight excluding hydrogens is 250 g/mol. The second kappa shape index (κ2) is 5.52. The molecule has 2 N–H and O–H groups in total. The van der Waals surface area contributed by atoms with E-state index in [1.165, 1.54) is 34.6 Å². The summed E-state index contributed by atoms with van der Waals surface area (Å²) in [6.45, 7) is 1.85. The van der Waals surface area contributed by atoms with Gasteiger partial charge in [0.05, 0.1) is 0 Å². The van der Waals surface area contributed by atoms with E-state index < -0.39 is 11.9 Å². The van der Waals surface area contributed by atoms with Crippen LogP contribution in [-0.4, -0.2) is 18.5 Å². The first-order valence-electron chi connectivity index (χ1n) is 6.17. The summed E-state index contributed by atoms with van der Waals surface area (Å²) in [6.07, 6.45) is 4.46. The molecule has 1 aromatic rings. The fourth-order valence-electron chi connectivity index (χ4n) is 2.26. The molecule has 1 amide bonds. The Balaban J connectivity index is 2.05. The highest BCUT2D eigenvalue weighted by molar-refractivity contribution is 7.14. The number of rotatable bonds is 4. The van der Waals surface area contributed by atoms with Crippen LogP contribution in [0.3, 0.4) is 0 Å². The number of carbonyl (C=O) groups excluding carboxylic acids is 2. The van der Waals surface area contributed by atoms with Crippen molar-refractivity contribution in [2.75, 3.05) is 6.61 Å². The normalized spacial score (nSPS) is 18.2. The number of amides is 1. The van der Waals surface area contributed by atoms with E-state index in [9.17, 15) is 9.59 Å². The third kappa shape index (κ3) is 2.90. The van der Waals surface area contributed by atoms with E-state index in [4.69, 9.17) is 10.5 Å². The Morgan fingerprint density at radius 2 is 2.33 bits per heavy atom. The van der Waals surface area contributed by atoms with Gasteiger partial charge in [0.25, 0.3) is 5.91 Å². The standard InChI is InChI=1S/C13H17NO3S/c1-2-8-3-4-10-9(5-8)6-11(18-10)13(16)17-7-12(14)15/h6,8H,2-5,7H2,1H3,(H2,14,15)/t8-/m1/s1. The van der Waals surface area contributed by atoms with Crippen LogP contribution in [-0.2, 0) is 22.4 Å². The molecule has 0 aliphatic heterocycles. The molecule has 0 unspecified atom stereocenters. The number of fused-ring (bicyclic) bond motifs is 1. The van der Waals surface area contributed by atoms with Crippen molar-refractivity contribution in [1.82, 2.24) is 0 Å². The van der Waals surface area contributed by atoms with E-state index in [0.29, 0.717) is 4.88 Å². The van der Waals surface area contributed by atoms with Crippen LogP contribution >= 0.6 is 11.3 Å². The maximum atomic E-state index is 11.7. The Morgan fingerprint density at radius 1 is 1.56 bits per heavy atom. The van der Waals surface area contributed by atoms with Crippen LogP contribution in [0.5, 0.6) is 0 Å². The molecule has 4 nitrogen and oxygen atoms in total. The molecule has 2 rings (SSSR count). The number of hydrogen-bond acceptors (Lipinski definition) is 4. The highest BCUT2D eigenvalue weighted by atomic mass is 32.1. The minimum atomic E-state index is -0.629. The van der Waals surface area contributed by atoms with Crippen LogP contribution in [0.25, 0.3) is 0 Å². The highest BCUT2D eigenvalue weighted by Crippen LogP contribution is 2.33.